The fraction of sp³-hybridized carbons (Fsp3) is 1.00. The highest BCUT2D eigenvalue weighted by Gasteiger charge is 2.26. The normalized spacial score (nSPS) is 21.0. The van der Waals surface area contributed by atoms with Crippen LogP contribution in [0.15, 0.2) is 0 Å². The number of hydrogen-bond acceptors (Lipinski definition) is 2. The summed E-state index contributed by atoms with van der Waals surface area (Å²) in [4.78, 5) is 0. The number of rotatable bonds is 2. The van der Waals surface area contributed by atoms with Crippen LogP contribution in [-0.4, -0.2) is 25.4 Å². The van der Waals surface area contributed by atoms with Crippen molar-refractivity contribution >= 4 is 0 Å². The predicted molar refractivity (Wildman–Crippen MR) is 51.4 cm³/mol. The van der Waals surface area contributed by atoms with E-state index < -0.39 is 0 Å². The summed E-state index contributed by atoms with van der Waals surface area (Å²) in [5.41, 5.74) is 0.104. The van der Waals surface area contributed by atoms with Crippen molar-refractivity contribution in [1.29, 1.82) is 0 Å². The quantitative estimate of drug-likeness (QED) is 0.640. The third kappa shape index (κ3) is 4.07. The van der Waals surface area contributed by atoms with Crippen LogP contribution in [0.3, 0.4) is 0 Å². The third-order valence-corrected chi connectivity index (χ3v) is 2.04. The molecule has 1 saturated heterocycles. The van der Waals surface area contributed by atoms with Crippen molar-refractivity contribution in [3.8, 4) is 0 Å². The Hall–Kier alpha value is -0.0800. The van der Waals surface area contributed by atoms with Crippen LogP contribution in [0.2, 0.25) is 0 Å². The highest BCUT2D eigenvalue weighted by molar-refractivity contribution is 4.77. The summed E-state index contributed by atoms with van der Waals surface area (Å²) < 4.78 is 10.8. The largest absolute Gasteiger partial charge is 0.381 e. The van der Waals surface area contributed by atoms with Crippen LogP contribution in [0.1, 0.15) is 40.5 Å². The Balaban J connectivity index is 0.000000561. The minimum atomic E-state index is 0.104. The molecule has 0 aromatic rings. The maximum Gasteiger partial charge on any atom is 0.0698 e. The molecule has 1 fully saturated rings. The van der Waals surface area contributed by atoms with Crippen LogP contribution in [0.5, 0.6) is 0 Å². The summed E-state index contributed by atoms with van der Waals surface area (Å²) in [5, 5.41) is 0. The van der Waals surface area contributed by atoms with Gasteiger partial charge in [-0.2, -0.15) is 0 Å². The van der Waals surface area contributed by atoms with Crippen molar-refractivity contribution in [3.05, 3.63) is 0 Å². The Kier molecular flexibility index (Phi) is 6.39. The molecule has 0 atom stereocenters. The Morgan fingerprint density at radius 2 is 1.75 bits per heavy atom. The van der Waals surface area contributed by atoms with E-state index in [1.54, 1.807) is 0 Å². The average molecular weight is 174 g/mol. The van der Waals surface area contributed by atoms with Crippen molar-refractivity contribution < 1.29 is 9.47 Å². The zero-order valence-electron chi connectivity index (χ0n) is 8.85. The molecule has 1 aliphatic heterocycles. The molecule has 0 saturated carbocycles. The van der Waals surface area contributed by atoms with Gasteiger partial charge in [-0.3, -0.25) is 0 Å². The molecule has 0 N–H and O–H groups in total. The Morgan fingerprint density at radius 1 is 1.25 bits per heavy atom. The Morgan fingerprint density at radius 3 is 2.17 bits per heavy atom. The molecule has 0 aliphatic carbocycles. The van der Waals surface area contributed by atoms with Gasteiger partial charge in [0.1, 0.15) is 0 Å². The first-order valence-electron chi connectivity index (χ1n) is 4.98. The first kappa shape index (κ1) is 11.9. The summed E-state index contributed by atoms with van der Waals surface area (Å²) >= 11 is 0. The summed E-state index contributed by atoms with van der Waals surface area (Å²) in [6, 6.07) is 0. The van der Waals surface area contributed by atoms with Crippen molar-refractivity contribution in [3.63, 3.8) is 0 Å². The second-order valence-corrected chi connectivity index (χ2v) is 3.00. The highest BCUT2D eigenvalue weighted by atomic mass is 16.5. The van der Waals surface area contributed by atoms with Gasteiger partial charge in [-0.1, -0.05) is 13.8 Å². The monoisotopic (exact) mass is 174 g/mol. The molecule has 0 spiro atoms. The van der Waals surface area contributed by atoms with Crippen molar-refractivity contribution in [1.82, 2.24) is 0 Å². The van der Waals surface area contributed by atoms with Crippen molar-refractivity contribution in [2.24, 2.45) is 0 Å². The van der Waals surface area contributed by atoms with Gasteiger partial charge in [-0.25, -0.2) is 0 Å². The molecule has 0 aromatic heterocycles. The van der Waals surface area contributed by atoms with E-state index in [2.05, 4.69) is 6.92 Å². The van der Waals surface area contributed by atoms with Gasteiger partial charge >= 0.3 is 0 Å². The fourth-order valence-corrected chi connectivity index (χ4v) is 1.30. The Labute approximate surface area is 76.3 Å². The lowest BCUT2D eigenvalue weighted by Gasteiger charge is -2.33. The van der Waals surface area contributed by atoms with Crippen molar-refractivity contribution in [2.75, 3.05) is 19.8 Å². The lowest BCUT2D eigenvalue weighted by Crippen LogP contribution is -2.35. The molecule has 2 nitrogen and oxygen atoms in total. The zero-order chi connectivity index (χ0) is 9.45. The lowest BCUT2D eigenvalue weighted by molar-refractivity contribution is -0.0949. The minimum Gasteiger partial charge on any atom is -0.381 e. The summed E-state index contributed by atoms with van der Waals surface area (Å²) in [5.74, 6) is 0. The first-order chi connectivity index (χ1) is 5.77. The van der Waals surface area contributed by atoms with E-state index in [0.717, 1.165) is 32.7 Å². The van der Waals surface area contributed by atoms with Crippen LogP contribution in [0, 0.1) is 0 Å². The second kappa shape index (κ2) is 6.44. The summed E-state index contributed by atoms with van der Waals surface area (Å²) in [6.45, 7) is 10.7. The standard InChI is InChI=1S/C8H16O2.C2H6/c1-3-10-8(2)4-6-9-7-5-8;1-2/h3-7H2,1-2H3;1-2H3. The predicted octanol–water partition coefficient (Wildman–Crippen LogP) is 2.62. The SMILES string of the molecule is CC.CCOC1(C)CCOCC1. The average Bonchev–Trinajstić information content (AvgIpc) is 2.09. The molecule has 0 unspecified atom stereocenters. The maximum absolute atomic E-state index is 5.59. The lowest BCUT2D eigenvalue weighted by atomic mass is 9.97. The Bertz CT molecular complexity index is 90.5. The molecule has 2 heteroatoms. The van der Waals surface area contributed by atoms with Gasteiger partial charge in [0.2, 0.25) is 0 Å². The van der Waals surface area contributed by atoms with Gasteiger partial charge in [0.05, 0.1) is 5.60 Å². The van der Waals surface area contributed by atoms with E-state index >= 15 is 0 Å². The summed E-state index contributed by atoms with van der Waals surface area (Å²) in [7, 11) is 0. The molecule has 12 heavy (non-hydrogen) atoms. The summed E-state index contributed by atoms with van der Waals surface area (Å²) in [6.07, 6.45) is 2.08. The molecular weight excluding hydrogens is 152 g/mol. The van der Waals surface area contributed by atoms with Crippen LogP contribution in [-0.2, 0) is 9.47 Å². The van der Waals surface area contributed by atoms with E-state index in [-0.39, 0.29) is 5.60 Å². The van der Waals surface area contributed by atoms with E-state index in [1.165, 1.54) is 0 Å². The number of ether oxygens (including phenoxy) is 2. The van der Waals surface area contributed by atoms with Crippen LogP contribution < -0.4 is 0 Å². The molecule has 1 heterocycles. The third-order valence-electron chi connectivity index (χ3n) is 2.04. The topological polar surface area (TPSA) is 18.5 Å². The molecule has 0 bridgehead atoms. The molecular formula is C10H22O2. The molecule has 1 aliphatic rings. The van der Waals surface area contributed by atoms with Gasteiger partial charge in [0.15, 0.2) is 0 Å². The van der Waals surface area contributed by atoms with E-state index in [4.69, 9.17) is 9.47 Å². The fourth-order valence-electron chi connectivity index (χ4n) is 1.30. The van der Waals surface area contributed by atoms with E-state index in [1.807, 2.05) is 20.8 Å². The van der Waals surface area contributed by atoms with Gasteiger partial charge in [0, 0.05) is 19.8 Å². The van der Waals surface area contributed by atoms with Crippen LogP contribution in [0.25, 0.3) is 0 Å². The van der Waals surface area contributed by atoms with E-state index in [0.29, 0.717) is 0 Å². The van der Waals surface area contributed by atoms with Gasteiger partial charge in [-0.05, 0) is 26.7 Å². The van der Waals surface area contributed by atoms with Crippen molar-refractivity contribution in [2.45, 2.75) is 46.1 Å². The molecule has 74 valence electrons. The van der Waals surface area contributed by atoms with Gasteiger partial charge in [0.25, 0.3) is 0 Å². The zero-order valence-corrected chi connectivity index (χ0v) is 8.85. The molecule has 0 amide bonds. The van der Waals surface area contributed by atoms with E-state index in [9.17, 15) is 0 Å². The maximum atomic E-state index is 5.59. The first-order valence-corrected chi connectivity index (χ1v) is 4.98. The minimum absolute atomic E-state index is 0.104. The van der Waals surface area contributed by atoms with Gasteiger partial charge in [-0.15, -0.1) is 0 Å². The smallest absolute Gasteiger partial charge is 0.0698 e. The van der Waals surface area contributed by atoms with Gasteiger partial charge < -0.3 is 9.47 Å². The van der Waals surface area contributed by atoms with Crippen LogP contribution in [0.4, 0.5) is 0 Å². The number of hydrogen-bond donors (Lipinski definition) is 0. The molecule has 0 radical (unpaired) electrons. The highest BCUT2D eigenvalue weighted by Crippen LogP contribution is 2.23. The molecule has 1 rings (SSSR count). The van der Waals surface area contributed by atoms with Crippen LogP contribution >= 0.6 is 0 Å². The second-order valence-electron chi connectivity index (χ2n) is 3.00. The molecule has 0 aromatic carbocycles.